The number of carbonyl (C=O) groups is 2. The Labute approximate surface area is 76.3 Å². The molecule has 0 rings (SSSR count). The first-order valence-electron chi connectivity index (χ1n) is 4.07. The largest absolute Gasteiger partial charge is 0.480 e. The predicted molar refractivity (Wildman–Crippen MR) is 44.5 cm³/mol. The second-order valence-electron chi connectivity index (χ2n) is 2.69. The van der Waals surface area contributed by atoms with Crippen LogP contribution in [0.4, 0.5) is 0 Å². The Hall–Kier alpha value is -1.10. The Balaban J connectivity index is 4.39. The van der Waals surface area contributed by atoms with Crippen LogP contribution in [0.5, 0.6) is 0 Å². The Morgan fingerprint density at radius 1 is 1.23 bits per heavy atom. The van der Waals surface area contributed by atoms with Gasteiger partial charge in [-0.05, 0) is 12.8 Å². The zero-order chi connectivity index (χ0) is 10.5. The first kappa shape index (κ1) is 11.9. The van der Waals surface area contributed by atoms with Crippen LogP contribution in [-0.4, -0.2) is 34.4 Å². The van der Waals surface area contributed by atoms with E-state index >= 15 is 0 Å². The van der Waals surface area contributed by atoms with E-state index in [4.69, 9.17) is 14.9 Å². The Morgan fingerprint density at radius 3 is 1.92 bits per heavy atom. The van der Waals surface area contributed by atoms with Crippen molar-refractivity contribution in [2.75, 3.05) is 6.61 Å². The van der Waals surface area contributed by atoms with Crippen LogP contribution in [0.3, 0.4) is 0 Å². The van der Waals surface area contributed by atoms with E-state index in [1.165, 1.54) is 0 Å². The highest BCUT2D eigenvalue weighted by atomic mass is 16.5. The molecule has 13 heavy (non-hydrogen) atoms. The van der Waals surface area contributed by atoms with E-state index in [0.29, 0.717) is 0 Å². The van der Waals surface area contributed by atoms with Gasteiger partial charge in [0.25, 0.3) is 0 Å². The average Bonchev–Trinajstić information content (AvgIpc) is 2.06. The zero-order valence-corrected chi connectivity index (χ0v) is 7.74. The summed E-state index contributed by atoms with van der Waals surface area (Å²) in [5, 5.41) is 17.2. The minimum absolute atomic E-state index is 0.256. The zero-order valence-electron chi connectivity index (χ0n) is 7.74. The van der Waals surface area contributed by atoms with Crippen molar-refractivity contribution in [1.29, 1.82) is 0 Å². The summed E-state index contributed by atoms with van der Waals surface area (Å²) in [5.41, 5.74) is -1.35. The molecule has 5 nitrogen and oxygen atoms in total. The van der Waals surface area contributed by atoms with Crippen LogP contribution in [0.25, 0.3) is 0 Å². The van der Waals surface area contributed by atoms with Crippen LogP contribution in [0, 0.1) is 0 Å². The highest BCUT2D eigenvalue weighted by Crippen LogP contribution is 2.20. The molecule has 5 heteroatoms. The van der Waals surface area contributed by atoms with Crippen molar-refractivity contribution in [2.24, 2.45) is 0 Å². The third-order valence-corrected chi connectivity index (χ3v) is 2.00. The van der Waals surface area contributed by atoms with Crippen molar-refractivity contribution in [1.82, 2.24) is 0 Å². The number of hydrogen-bond donors (Lipinski definition) is 2. The number of ether oxygens (including phenoxy) is 1. The van der Waals surface area contributed by atoms with Crippen LogP contribution < -0.4 is 0 Å². The standard InChI is InChI=1S/C8H14O5/c1-3-8(4-2,7(11)12)13-5-6(9)10/h3-5H2,1-2H3,(H,9,10)(H,11,12). The Morgan fingerprint density at radius 2 is 1.69 bits per heavy atom. The molecule has 0 radical (unpaired) electrons. The minimum atomic E-state index is -1.35. The molecule has 76 valence electrons. The number of carboxylic acid groups (broad SMARTS) is 2. The first-order chi connectivity index (χ1) is 5.98. The lowest BCUT2D eigenvalue weighted by Crippen LogP contribution is -2.41. The van der Waals surface area contributed by atoms with Gasteiger partial charge < -0.3 is 14.9 Å². The van der Waals surface area contributed by atoms with Crippen molar-refractivity contribution < 1.29 is 24.5 Å². The van der Waals surface area contributed by atoms with Crippen molar-refractivity contribution in [3.8, 4) is 0 Å². The topological polar surface area (TPSA) is 83.8 Å². The van der Waals surface area contributed by atoms with Crippen LogP contribution in [0.15, 0.2) is 0 Å². The highest BCUT2D eigenvalue weighted by Gasteiger charge is 2.36. The van der Waals surface area contributed by atoms with Crippen molar-refractivity contribution in [3.05, 3.63) is 0 Å². The third kappa shape index (κ3) is 3.02. The molecule has 0 aromatic rings. The molecule has 0 aromatic heterocycles. The summed E-state index contributed by atoms with van der Waals surface area (Å²) in [6, 6.07) is 0. The quantitative estimate of drug-likeness (QED) is 0.645. The van der Waals surface area contributed by atoms with Gasteiger partial charge in [-0.25, -0.2) is 9.59 Å². The lowest BCUT2D eigenvalue weighted by atomic mass is 9.97. The van der Waals surface area contributed by atoms with E-state index in [-0.39, 0.29) is 12.8 Å². The maximum Gasteiger partial charge on any atom is 0.335 e. The van der Waals surface area contributed by atoms with Gasteiger partial charge in [0.05, 0.1) is 0 Å². The average molecular weight is 190 g/mol. The summed E-state index contributed by atoms with van der Waals surface area (Å²) >= 11 is 0. The van der Waals surface area contributed by atoms with Crippen molar-refractivity contribution in [3.63, 3.8) is 0 Å². The maximum atomic E-state index is 10.8. The molecule has 0 heterocycles. The lowest BCUT2D eigenvalue weighted by molar-refractivity contribution is -0.172. The third-order valence-electron chi connectivity index (χ3n) is 2.00. The smallest absolute Gasteiger partial charge is 0.335 e. The molecule has 0 atom stereocenters. The molecule has 0 aliphatic rings. The van der Waals surface area contributed by atoms with Gasteiger partial charge >= 0.3 is 11.9 Å². The monoisotopic (exact) mass is 190 g/mol. The van der Waals surface area contributed by atoms with Crippen LogP contribution in [-0.2, 0) is 14.3 Å². The molecule has 0 aliphatic carbocycles. The number of aliphatic carboxylic acids is 2. The fourth-order valence-electron chi connectivity index (χ4n) is 1.02. The van der Waals surface area contributed by atoms with E-state index in [1.54, 1.807) is 13.8 Å². The minimum Gasteiger partial charge on any atom is -0.480 e. The number of carboxylic acids is 2. The van der Waals surface area contributed by atoms with E-state index in [1.807, 2.05) is 0 Å². The molecule has 0 aromatic carbocycles. The van der Waals surface area contributed by atoms with Crippen LogP contribution in [0.1, 0.15) is 26.7 Å². The second kappa shape index (κ2) is 4.81. The fourth-order valence-corrected chi connectivity index (χ4v) is 1.02. The molecule has 0 aliphatic heterocycles. The molecule has 0 unspecified atom stereocenters. The number of hydrogen-bond acceptors (Lipinski definition) is 3. The molecule has 0 spiro atoms. The van der Waals surface area contributed by atoms with Gasteiger partial charge in [-0.15, -0.1) is 0 Å². The van der Waals surface area contributed by atoms with Gasteiger partial charge in [-0.3, -0.25) is 0 Å². The van der Waals surface area contributed by atoms with E-state index in [9.17, 15) is 9.59 Å². The molecule has 2 N–H and O–H groups in total. The summed E-state index contributed by atoms with van der Waals surface area (Å²) < 4.78 is 4.85. The van der Waals surface area contributed by atoms with E-state index in [2.05, 4.69) is 0 Å². The molecule has 0 amide bonds. The Bertz CT molecular complexity index is 195. The number of rotatable bonds is 6. The predicted octanol–water partition coefficient (Wildman–Crippen LogP) is 0.731. The fraction of sp³-hybridized carbons (Fsp3) is 0.750. The van der Waals surface area contributed by atoms with Gasteiger partial charge in [0.15, 0.2) is 5.60 Å². The van der Waals surface area contributed by atoms with E-state index in [0.717, 1.165) is 0 Å². The van der Waals surface area contributed by atoms with Gasteiger partial charge in [0.1, 0.15) is 6.61 Å². The van der Waals surface area contributed by atoms with Gasteiger partial charge in [-0.2, -0.15) is 0 Å². The second-order valence-corrected chi connectivity index (χ2v) is 2.69. The molecule has 0 saturated heterocycles. The maximum absolute atomic E-state index is 10.8. The first-order valence-corrected chi connectivity index (χ1v) is 4.07. The Kier molecular flexibility index (Phi) is 4.40. The van der Waals surface area contributed by atoms with Crippen molar-refractivity contribution >= 4 is 11.9 Å². The molecule has 0 fully saturated rings. The summed E-state index contributed by atoms with van der Waals surface area (Å²) in [7, 11) is 0. The summed E-state index contributed by atoms with van der Waals surface area (Å²) in [6.45, 7) is 2.73. The van der Waals surface area contributed by atoms with E-state index < -0.39 is 24.1 Å². The summed E-state index contributed by atoms with van der Waals surface area (Å²) in [4.78, 5) is 21.0. The molecular weight excluding hydrogens is 176 g/mol. The SMILES string of the molecule is CCC(CC)(OCC(=O)O)C(=O)O. The molecule has 0 bridgehead atoms. The highest BCUT2D eigenvalue weighted by molar-refractivity contribution is 5.78. The normalized spacial score (nSPS) is 11.2. The van der Waals surface area contributed by atoms with Crippen LogP contribution in [0.2, 0.25) is 0 Å². The van der Waals surface area contributed by atoms with Crippen molar-refractivity contribution in [2.45, 2.75) is 32.3 Å². The summed E-state index contributed by atoms with van der Waals surface area (Å²) in [6.07, 6.45) is 0.512. The van der Waals surface area contributed by atoms with Gasteiger partial charge in [0, 0.05) is 0 Å². The van der Waals surface area contributed by atoms with Gasteiger partial charge in [0.2, 0.25) is 0 Å². The van der Waals surface area contributed by atoms with Gasteiger partial charge in [-0.1, -0.05) is 13.8 Å². The molecular formula is C8H14O5. The summed E-state index contributed by atoms with van der Waals surface area (Å²) in [5.74, 6) is -2.27. The molecule has 0 saturated carbocycles. The lowest BCUT2D eigenvalue weighted by Gasteiger charge is -2.25. The van der Waals surface area contributed by atoms with Crippen LogP contribution >= 0.6 is 0 Å².